The Morgan fingerprint density at radius 2 is 2.71 bits per heavy atom. The number of hydrogen-bond acceptors (Lipinski definition) is 1. The van der Waals surface area contributed by atoms with Crippen LogP contribution in [-0.4, -0.2) is 0 Å². The average molecular weight is 91.1 g/mol. The molecule has 1 rings (SSSR count). The van der Waals surface area contributed by atoms with E-state index in [2.05, 4.69) is 12.0 Å². The van der Waals surface area contributed by atoms with Crippen molar-refractivity contribution in [2.45, 2.75) is 0 Å². The highest BCUT2D eigenvalue weighted by molar-refractivity contribution is 5.19. The Hall–Kier alpha value is -1.16. The van der Waals surface area contributed by atoms with Gasteiger partial charge in [0.15, 0.2) is 5.76 Å². The predicted octanol–water partition coefficient (Wildman–Crippen LogP) is 1.06. The largest absolute Gasteiger partial charge is 0.455 e. The summed E-state index contributed by atoms with van der Waals surface area (Å²) < 4.78 is 4.69. The van der Waals surface area contributed by atoms with Gasteiger partial charge in [0.2, 0.25) is 0 Å². The smallest absolute Gasteiger partial charge is 0.176 e. The lowest BCUT2D eigenvalue weighted by atomic mass is 10.5. The van der Waals surface area contributed by atoms with Gasteiger partial charge in [-0.1, -0.05) is 0 Å². The molecule has 1 aromatic heterocycles. The maximum Gasteiger partial charge on any atom is 0.176 e. The molecule has 0 N–H and O–H groups in total. The first-order valence-electron chi connectivity index (χ1n) is 1.84. The van der Waals surface area contributed by atoms with Gasteiger partial charge in [0.05, 0.1) is 0 Å². The van der Waals surface area contributed by atoms with Crippen LogP contribution in [-0.2, 0) is 0 Å². The van der Waals surface area contributed by atoms with Crippen LogP contribution in [0.4, 0.5) is 0 Å². The summed E-state index contributed by atoms with van der Waals surface area (Å²) in [5, 5.41) is 0. The van der Waals surface area contributed by atoms with Crippen LogP contribution < -0.4 is 0 Å². The summed E-state index contributed by atoms with van der Waals surface area (Å²) in [6, 6.07) is 4.28. The summed E-state index contributed by atoms with van der Waals surface area (Å²) in [7, 11) is 0. The Morgan fingerprint density at radius 3 is 3.00 bits per heavy atom. The maximum absolute atomic E-state index is 4.93. The molecule has 0 unspecified atom stereocenters. The van der Waals surface area contributed by atoms with Gasteiger partial charge in [-0.25, -0.2) is 0 Å². The van der Waals surface area contributed by atoms with E-state index in [0.717, 1.165) is 0 Å². The van der Waals surface area contributed by atoms with Crippen LogP contribution in [0, 0.1) is 18.4 Å². The summed E-state index contributed by atoms with van der Waals surface area (Å²) >= 11 is 0. The zero-order chi connectivity index (χ0) is 5.11. The van der Waals surface area contributed by atoms with Crippen molar-refractivity contribution in [2.75, 3.05) is 0 Å². The van der Waals surface area contributed by atoms with E-state index in [1.807, 2.05) is 0 Å². The van der Waals surface area contributed by atoms with Crippen molar-refractivity contribution in [1.82, 2.24) is 0 Å². The minimum atomic E-state index is 0.528. The number of hydrogen-bond donors (Lipinski definition) is 0. The lowest BCUT2D eigenvalue weighted by Gasteiger charge is -1.69. The third-order valence-electron chi connectivity index (χ3n) is 0.611. The molecule has 1 aromatic rings. The van der Waals surface area contributed by atoms with Crippen molar-refractivity contribution >= 4 is 0 Å². The number of rotatable bonds is 0. The topological polar surface area (TPSA) is 13.1 Å². The highest BCUT2D eigenvalue weighted by Crippen LogP contribution is 1.93. The van der Waals surface area contributed by atoms with Crippen LogP contribution in [0.2, 0.25) is 0 Å². The fourth-order valence-corrected chi connectivity index (χ4v) is 0.317. The molecule has 0 bridgehead atoms. The Kier molecular flexibility index (Phi) is 0.874. The average Bonchev–Trinajstić information content (AvgIpc) is 2.14. The lowest BCUT2D eigenvalue weighted by Crippen LogP contribution is -1.54. The van der Waals surface area contributed by atoms with Crippen molar-refractivity contribution in [3.8, 4) is 12.3 Å². The van der Waals surface area contributed by atoms with Gasteiger partial charge in [0.25, 0.3) is 0 Å². The Labute approximate surface area is 42.0 Å². The second kappa shape index (κ2) is 1.53. The van der Waals surface area contributed by atoms with Gasteiger partial charge in [-0.2, -0.15) is 0 Å². The first-order chi connectivity index (χ1) is 3.43. The highest BCUT2D eigenvalue weighted by Gasteiger charge is 1.81. The van der Waals surface area contributed by atoms with E-state index in [4.69, 9.17) is 10.8 Å². The number of furan rings is 1. The first-order valence-corrected chi connectivity index (χ1v) is 1.84. The Balaban J connectivity index is 3.04. The first kappa shape index (κ1) is 4.01. The molecule has 1 radical (unpaired) electrons. The molecule has 0 saturated heterocycles. The third-order valence-corrected chi connectivity index (χ3v) is 0.611. The zero-order valence-electron chi connectivity index (χ0n) is 3.64. The second-order valence-corrected chi connectivity index (χ2v) is 1.06. The van der Waals surface area contributed by atoms with Crippen LogP contribution >= 0.6 is 0 Å². The normalized spacial score (nSPS) is 7.86. The molecule has 7 heavy (non-hydrogen) atoms. The van der Waals surface area contributed by atoms with Crippen LogP contribution in [0.3, 0.4) is 0 Å². The van der Waals surface area contributed by atoms with Crippen molar-refractivity contribution in [2.24, 2.45) is 0 Å². The van der Waals surface area contributed by atoms with E-state index in [9.17, 15) is 0 Å². The minimum Gasteiger partial charge on any atom is -0.455 e. The summed E-state index contributed by atoms with van der Waals surface area (Å²) in [5.74, 6) is 2.84. The van der Waals surface area contributed by atoms with E-state index in [0.29, 0.717) is 5.76 Å². The van der Waals surface area contributed by atoms with Crippen LogP contribution in [0.25, 0.3) is 0 Å². The van der Waals surface area contributed by atoms with E-state index >= 15 is 0 Å². The predicted molar refractivity (Wildman–Crippen MR) is 25.5 cm³/mol. The van der Waals surface area contributed by atoms with E-state index in [1.165, 1.54) is 6.26 Å². The Bertz CT molecular complexity index is 167. The molecule has 33 valence electrons. The van der Waals surface area contributed by atoms with E-state index in [-0.39, 0.29) is 0 Å². The van der Waals surface area contributed by atoms with E-state index in [1.54, 1.807) is 6.07 Å². The molecule has 0 amide bonds. The fraction of sp³-hybridized carbons (Fsp3) is 0. The molecule has 0 aliphatic heterocycles. The Morgan fingerprint density at radius 1 is 1.86 bits per heavy atom. The molecule has 0 aromatic carbocycles. The van der Waals surface area contributed by atoms with E-state index < -0.39 is 0 Å². The van der Waals surface area contributed by atoms with Crippen LogP contribution in [0.1, 0.15) is 5.76 Å². The number of terminal acetylenes is 1. The molecule has 0 aliphatic rings. The highest BCUT2D eigenvalue weighted by atomic mass is 16.3. The summed E-state index contributed by atoms with van der Waals surface area (Å²) in [6.07, 6.45) is 6.36. The molecule has 1 nitrogen and oxygen atoms in total. The van der Waals surface area contributed by atoms with Gasteiger partial charge >= 0.3 is 0 Å². The molecule has 1 heteroatoms. The lowest BCUT2D eigenvalue weighted by molar-refractivity contribution is 0.554. The second-order valence-electron chi connectivity index (χ2n) is 1.06. The van der Waals surface area contributed by atoms with Gasteiger partial charge in [0, 0.05) is 12.1 Å². The molecule has 1 heterocycles. The monoisotopic (exact) mass is 91.0 g/mol. The molecule has 0 fully saturated rings. The molecular formula is C6H3O. The maximum atomic E-state index is 4.93. The van der Waals surface area contributed by atoms with Crippen molar-refractivity contribution < 1.29 is 4.42 Å². The quantitative estimate of drug-likeness (QED) is 0.435. The molecule has 0 spiro atoms. The molecular weight excluding hydrogens is 88.1 g/mol. The minimum absolute atomic E-state index is 0.528. The van der Waals surface area contributed by atoms with Crippen molar-refractivity contribution in [1.29, 1.82) is 0 Å². The summed E-state index contributed by atoms with van der Waals surface area (Å²) in [4.78, 5) is 0. The van der Waals surface area contributed by atoms with Gasteiger partial charge in [0.1, 0.15) is 6.26 Å². The fourth-order valence-electron chi connectivity index (χ4n) is 0.317. The van der Waals surface area contributed by atoms with Gasteiger partial charge in [-0.3, -0.25) is 0 Å². The van der Waals surface area contributed by atoms with Gasteiger partial charge in [-0.05, 0) is 5.92 Å². The van der Waals surface area contributed by atoms with Crippen LogP contribution in [0.5, 0.6) is 0 Å². The third kappa shape index (κ3) is 0.635. The molecule has 0 aliphatic carbocycles. The van der Waals surface area contributed by atoms with Crippen LogP contribution in [0.15, 0.2) is 16.7 Å². The SMILES string of the molecule is C#Cc1c[c]co1. The zero-order valence-corrected chi connectivity index (χ0v) is 3.64. The summed E-state index contributed by atoms with van der Waals surface area (Å²) in [6.45, 7) is 0. The standard InChI is InChI=1S/C6H3O/c1-2-6-4-3-5-7-6/h1,4-5H. The molecule has 0 saturated carbocycles. The molecule has 0 atom stereocenters. The van der Waals surface area contributed by atoms with Crippen molar-refractivity contribution in [3.05, 3.63) is 24.2 Å². The van der Waals surface area contributed by atoms with Crippen molar-refractivity contribution in [3.63, 3.8) is 0 Å². The summed E-state index contributed by atoms with van der Waals surface area (Å²) in [5.41, 5.74) is 0. The van der Waals surface area contributed by atoms with Gasteiger partial charge in [-0.15, -0.1) is 6.42 Å². The van der Waals surface area contributed by atoms with Gasteiger partial charge < -0.3 is 4.42 Å².